The van der Waals surface area contributed by atoms with Gasteiger partial charge in [-0.3, -0.25) is 9.59 Å². The minimum absolute atomic E-state index is 0.190. The van der Waals surface area contributed by atoms with E-state index in [-0.39, 0.29) is 18.9 Å². The summed E-state index contributed by atoms with van der Waals surface area (Å²) in [5.74, 6) is -1.21. The smallest absolute Gasteiger partial charge is 0.323 e. The molecule has 100 valence electrons. The van der Waals surface area contributed by atoms with Crippen LogP contribution in [-0.4, -0.2) is 53.7 Å². The summed E-state index contributed by atoms with van der Waals surface area (Å²) in [7, 11) is 1.51. The Morgan fingerprint density at radius 1 is 1.56 bits per heavy atom. The molecule has 7 heteroatoms. The van der Waals surface area contributed by atoms with Gasteiger partial charge in [-0.2, -0.15) is 0 Å². The fourth-order valence-corrected chi connectivity index (χ4v) is 2.03. The van der Waals surface area contributed by atoms with Crippen molar-refractivity contribution in [2.45, 2.75) is 12.8 Å². The van der Waals surface area contributed by atoms with Crippen LogP contribution in [0.2, 0.25) is 0 Å². The highest BCUT2D eigenvalue weighted by Gasteiger charge is 2.16. The Labute approximate surface area is 109 Å². The number of carbonyl (C=O) groups excluding carboxylic acids is 1. The van der Waals surface area contributed by atoms with Crippen LogP contribution >= 0.6 is 11.3 Å². The van der Waals surface area contributed by atoms with Gasteiger partial charge in [-0.05, 0) is 0 Å². The van der Waals surface area contributed by atoms with Crippen LogP contribution in [0, 0.1) is 0 Å². The van der Waals surface area contributed by atoms with Crippen molar-refractivity contribution in [3.8, 4) is 0 Å². The highest BCUT2D eigenvalue weighted by molar-refractivity contribution is 7.09. The number of aryl methyl sites for hydroxylation is 1. The van der Waals surface area contributed by atoms with E-state index in [9.17, 15) is 9.59 Å². The first kappa shape index (κ1) is 14.6. The Kier molecular flexibility index (Phi) is 6.31. The summed E-state index contributed by atoms with van der Waals surface area (Å²) in [6.45, 7) is 0.329. The molecule has 1 heterocycles. The number of hydrogen-bond donors (Lipinski definition) is 1. The van der Waals surface area contributed by atoms with Crippen LogP contribution in [0.5, 0.6) is 0 Å². The molecule has 0 bridgehead atoms. The molecular weight excluding hydrogens is 256 g/mol. The Balaban J connectivity index is 2.44. The summed E-state index contributed by atoms with van der Waals surface area (Å²) >= 11 is 1.49. The lowest BCUT2D eigenvalue weighted by molar-refractivity contribution is -0.144. The average molecular weight is 272 g/mol. The van der Waals surface area contributed by atoms with Crippen molar-refractivity contribution in [2.75, 3.05) is 26.8 Å². The molecular formula is C11H16N2O4S. The minimum Gasteiger partial charge on any atom is -0.480 e. The van der Waals surface area contributed by atoms with Crippen LogP contribution in [0.15, 0.2) is 11.6 Å². The zero-order chi connectivity index (χ0) is 13.4. The molecule has 0 saturated carbocycles. The van der Waals surface area contributed by atoms with Gasteiger partial charge in [-0.25, -0.2) is 4.98 Å². The summed E-state index contributed by atoms with van der Waals surface area (Å²) in [5.41, 5.74) is 0. The van der Waals surface area contributed by atoms with E-state index in [1.165, 1.54) is 23.3 Å². The zero-order valence-electron chi connectivity index (χ0n) is 10.2. The van der Waals surface area contributed by atoms with Gasteiger partial charge in [0.05, 0.1) is 11.6 Å². The highest BCUT2D eigenvalue weighted by Crippen LogP contribution is 2.08. The molecule has 0 aliphatic carbocycles. The topological polar surface area (TPSA) is 79.7 Å². The van der Waals surface area contributed by atoms with Crippen LogP contribution in [0.3, 0.4) is 0 Å². The number of ether oxygens (including phenoxy) is 1. The number of methoxy groups -OCH3 is 1. The van der Waals surface area contributed by atoms with Gasteiger partial charge in [-0.15, -0.1) is 11.3 Å². The molecule has 18 heavy (non-hydrogen) atoms. The Morgan fingerprint density at radius 3 is 2.89 bits per heavy atom. The van der Waals surface area contributed by atoms with Crippen LogP contribution in [0.1, 0.15) is 11.4 Å². The number of aliphatic carboxylic acids is 1. The molecule has 1 N–H and O–H groups in total. The third-order valence-corrected chi connectivity index (χ3v) is 3.12. The number of aromatic nitrogens is 1. The molecule has 1 rings (SSSR count). The Morgan fingerprint density at radius 2 is 2.33 bits per heavy atom. The van der Waals surface area contributed by atoms with Gasteiger partial charge in [0.15, 0.2) is 0 Å². The van der Waals surface area contributed by atoms with Gasteiger partial charge < -0.3 is 14.7 Å². The number of carboxylic acids is 1. The molecule has 6 nitrogen and oxygen atoms in total. The number of carboxylic acid groups (broad SMARTS) is 1. The molecule has 0 spiro atoms. The molecule has 0 aliphatic rings. The summed E-state index contributed by atoms with van der Waals surface area (Å²) in [6, 6.07) is 0. The maximum absolute atomic E-state index is 11.9. The summed E-state index contributed by atoms with van der Waals surface area (Å²) in [4.78, 5) is 27.9. The zero-order valence-corrected chi connectivity index (χ0v) is 11.0. The van der Waals surface area contributed by atoms with E-state index in [0.29, 0.717) is 19.6 Å². The van der Waals surface area contributed by atoms with Crippen molar-refractivity contribution in [1.82, 2.24) is 9.88 Å². The van der Waals surface area contributed by atoms with E-state index < -0.39 is 5.97 Å². The van der Waals surface area contributed by atoms with Gasteiger partial charge >= 0.3 is 5.97 Å². The number of carbonyl (C=O) groups is 2. The summed E-state index contributed by atoms with van der Waals surface area (Å²) < 4.78 is 4.86. The maximum Gasteiger partial charge on any atom is 0.323 e. The largest absolute Gasteiger partial charge is 0.480 e. The van der Waals surface area contributed by atoms with E-state index in [0.717, 1.165) is 5.01 Å². The lowest BCUT2D eigenvalue weighted by atomic mass is 10.3. The standard InChI is InChI=1S/C11H16N2O4S/c1-17-6-5-13(8-11(15)16)10(14)3-2-9-12-4-7-18-9/h4,7H,2-3,5-6,8H2,1H3,(H,15,16). The average Bonchev–Trinajstić information content (AvgIpc) is 2.84. The van der Waals surface area contributed by atoms with E-state index in [4.69, 9.17) is 9.84 Å². The number of hydrogen-bond acceptors (Lipinski definition) is 5. The lowest BCUT2D eigenvalue weighted by Crippen LogP contribution is -2.38. The number of nitrogens with zero attached hydrogens (tertiary/aromatic N) is 2. The van der Waals surface area contributed by atoms with Gasteiger partial charge in [0, 0.05) is 38.1 Å². The minimum atomic E-state index is -1.02. The molecule has 1 amide bonds. The molecule has 0 fully saturated rings. The molecule has 0 saturated heterocycles. The SMILES string of the molecule is COCCN(CC(=O)O)C(=O)CCc1nccs1. The van der Waals surface area contributed by atoms with Crippen molar-refractivity contribution in [2.24, 2.45) is 0 Å². The Hall–Kier alpha value is -1.47. The first-order valence-electron chi connectivity index (χ1n) is 5.50. The van der Waals surface area contributed by atoms with Crippen LogP contribution in [0.25, 0.3) is 0 Å². The Bertz CT molecular complexity index is 380. The second-order valence-corrected chi connectivity index (χ2v) is 4.61. The molecule has 0 atom stereocenters. The van der Waals surface area contributed by atoms with E-state index in [2.05, 4.69) is 4.98 Å². The molecule has 1 aromatic heterocycles. The van der Waals surface area contributed by atoms with Crippen LogP contribution < -0.4 is 0 Å². The highest BCUT2D eigenvalue weighted by atomic mass is 32.1. The van der Waals surface area contributed by atoms with E-state index in [1.807, 2.05) is 5.38 Å². The van der Waals surface area contributed by atoms with Crippen molar-refractivity contribution < 1.29 is 19.4 Å². The molecule has 0 unspecified atom stereocenters. The number of thiazole rings is 1. The maximum atomic E-state index is 11.9. The van der Waals surface area contributed by atoms with Gasteiger partial charge in [-0.1, -0.05) is 0 Å². The van der Waals surface area contributed by atoms with Crippen LogP contribution in [-0.2, 0) is 20.7 Å². The van der Waals surface area contributed by atoms with Crippen molar-refractivity contribution in [3.63, 3.8) is 0 Å². The van der Waals surface area contributed by atoms with Crippen LogP contribution in [0.4, 0.5) is 0 Å². The molecule has 1 aromatic rings. The first-order chi connectivity index (χ1) is 8.63. The predicted molar refractivity (Wildman–Crippen MR) is 66.5 cm³/mol. The normalized spacial score (nSPS) is 10.3. The van der Waals surface area contributed by atoms with Gasteiger partial charge in [0.1, 0.15) is 6.54 Å². The van der Waals surface area contributed by atoms with Gasteiger partial charge in [0.25, 0.3) is 0 Å². The fourth-order valence-electron chi connectivity index (χ4n) is 1.41. The number of rotatable bonds is 8. The third kappa shape index (κ3) is 5.24. The third-order valence-electron chi connectivity index (χ3n) is 2.28. The lowest BCUT2D eigenvalue weighted by Gasteiger charge is -2.19. The van der Waals surface area contributed by atoms with Crippen molar-refractivity contribution in [1.29, 1.82) is 0 Å². The van der Waals surface area contributed by atoms with E-state index >= 15 is 0 Å². The molecule has 0 radical (unpaired) electrons. The monoisotopic (exact) mass is 272 g/mol. The second kappa shape index (κ2) is 7.78. The van der Waals surface area contributed by atoms with Crippen molar-refractivity contribution in [3.05, 3.63) is 16.6 Å². The van der Waals surface area contributed by atoms with Crippen molar-refractivity contribution >= 4 is 23.2 Å². The fraction of sp³-hybridized carbons (Fsp3) is 0.545. The molecule has 0 aromatic carbocycles. The predicted octanol–water partition coefficient (Wildman–Crippen LogP) is 0.635. The first-order valence-corrected chi connectivity index (χ1v) is 6.38. The van der Waals surface area contributed by atoms with E-state index in [1.54, 1.807) is 6.20 Å². The molecule has 0 aliphatic heterocycles. The number of amides is 1. The summed E-state index contributed by atoms with van der Waals surface area (Å²) in [5, 5.41) is 11.5. The van der Waals surface area contributed by atoms with Gasteiger partial charge in [0.2, 0.25) is 5.91 Å². The second-order valence-electron chi connectivity index (χ2n) is 3.63. The summed E-state index contributed by atoms with van der Waals surface area (Å²) in [6.07, 6.45) is 2.49. The quantitative estimate of drug-likeness (QED) is 0.751.